The van der Waals surface area contributed by atoms with Crippen LogP contribution in [-0.4, -0.2) is 30.0 Å². The first-order chi connectivity index (χ1) is 8.18. The Bertz CT molecular complexity index is 600. The Morgan fingerprint density at radius 2 is 2.06 bits per heavy atom. The van der Waals surface area contributed by atoms with Crippen molar-refractivity contribution in [2.45, 2.75) is 12.8 Å². The molecule has 2 heterocycles. The minimum atomic E-state index is -0.0551. The number of fused-ring (bicyclic) bond motifs is 1. The highest BCUT2D eigenvalue weighted by atomic mass is 35.5. The quantitative estimate of drug-likeness (QED) is 0.712. The molecule has 0 atom stereocenters. The van der Waals surface area contributed by atoms with Gasteiger partial charge in [0.15, 0.2) is 0 Å². The molecule has 0 unspecified atom stereocenters. The molecule has 88 valence electrons. The van der Waals surface area contributed by atoms with Gasteiger partial charge in [-0.2, -0.15) is 10.1 Å². The molecule has 17 heavy (non-hydrogen) atoms. The van der Waals surface area contributed by atoms with Gasteiger partial charge in [-0.25, -0.2) is 9.67 Å². The van der Waals surface area contributed by atoms with Crippen molar-refractivity contribution in [3.8, 4) is 17.7 Å². The molecular weight excluding hydrogens is 244 g/mol. The molecule has 0 radical (unpaired) electrons. The highest BCUT2D eigenvalue weighted by molar-refractivity contribution is 6.29. The van der Waals surface area contributed by atoms with Crippen molar-refractivity contribution >= 4 is 11.6 Å². The number of halogens is 1. The molecule has 7 heteroatoms. The molecule has 2 aromatic heterocycles. The highest BCUT2D eigenvalue weighted by Gasteiger charge is 2.26. The van der Waals surface area contributed by atoms with Gasteiger partial charge in [0.1, 0.15) is 6.33 Å². The first kappa shape index (κ1) is 10.2. The first-order valence-corrected chi connectivity index (χ1v) is 5.41. The molecule has 2 aromatic rings. The van der Waals surface area contributed by atoms with Crippen molar-refractivity contribution in [1.29, 1.82) is 0 Å². The van der Waals surface area contributed by atoms with Gasteiger partial charge in [0.25, 0.3) is 0 Å². The van der Waals surface area contributed by atoms with Gasteiger partial charge >= 0.3 is 0 Å². The molecule has 6 nitrogen and oxygen atoms in total. The fraction of sp³-hybridized carbons (Fsp3) is 0.200. The molecule has 0 saturated heterocycles. The summed E-state index contributed by atoms with van der Waals surface area (Å²) in [5.74, 6) is 0.181. The largest absolute Gasteiger partial charge is 0.494 e. The van der Waals surface area contributed by atoms with Gasteiger partial charge < -0.3 is 10.2 Å². The monoisotopic (exact) mass is 252 g/mol. The van der Waals surface area contributed by atoms with Crippen molar-refractivity contribution in [2.75, 3.05) is 0 Å². The number of aromatic amines is 1. The van der Waals surface area contributed by atoms with Crippen molar-refractivity contribution in [3.05, 3.63) is 28.6 Å². The van der Waals surface area contributed by atoms with Crippen LogP contribution in [0.5, 0.6) is 11.8 Å². The highest BCUT2D eigenvalue weighted by Crippen LogP contribution is 2.40. The first-order valence-electron chi connectivity index (χ1n) is 5.03. The Hall–Kier alpha value is -1.95. The lowest BCUT2D eigenvalue weighted by Gasteiger charge is -2.07. The number of hydrogen-bond acceptors (Lipinski definition) is 4. The maximum atomic E-state index is 10.1. The molecule has 3 rings (SSSR count). The number of nitrogens with zero attached hydrogens (tertiary/aromatic N) is 3. The van der Waals surface area contributed by atoms with Crippen molar-refractivity contribution in [1.82, 2.24) is 19.7 Å². The topological polar surface area (TPSA) is 87.0 Å². The number of allylic oxidation sites excluding steroid dienone is 2. The second-order valence-corrected chi connectivity index (χ2v) is 4.27. The summed E-state index contributed by atoms with van der Waals surface area (Å²) in [5, 5.41) is 27.1. The van der Waals surface area contributed by atoms with Gasteiger partial charge in [-0.05, 0) is 6.42 Å². The Labute approximate surface area is 101 Å². The van der Waals surface area contributed by atoms with Gasteiger partial charge in [0, 0.05) is 22.6 Å². The molecule has 0 spiro atoms. The third-order valence-electron chi connectivity index (χ3n) is 2.82. The van der Waals surface area contributed by atoms with E-state index in [0.29, 0.717) is 29.0 Å². The summed E-state index contributed by atoms with van der Waals surface area (Å²) in [7, 11) is 0. The van der Waals surface area contributed by atoms with Crippen LogP contribution in [-0.2, 0) is 12.8 Å². The van der Waals surface area contributed by atoms with Gasteiger partial charge in [-0.1, -0.05) is 17.7 Å². The van der Waals surface area contributed by atoms with Crippen LogP contribution in [0, 0.1) is 0 Å². The molecule has 0 bridgehead atoms. The normalized spacial score (nSPS) is 14.5. The fourth-order valence-corrected chi connectivity index (χ4v) is 2.21. The van der Waals surface area contributed by atoms with Gasteiger partial charge in [0.2, 0.25) is 17.7 Å². The predicted molar refractivity (Wildman–Crippen MR) is 60.4 cm³/mol. The maximum absolute atomic E-state index is 10.1. The van der Waals surface area contributed by atoms with Crippen LogP contribution in [0.1, 0.15) is 11.1 Å². The van der Waals surface area contributed by atoms with Crippen LogP contribution < -0.4 is 0 Å². The summed E-state index contributed by atoms with van der Waals surface area (Å²) in [4.78, 5) is 3.90. The lowest BCUT2D eigenvalue weighted by atomic mass is 10.0. The average Bonchev–Trinajstić information content (AvgIpc) is 2.88. The number of rotatable bonds is 1. The Morgan fingerprint density at radius 1 is 1.29 bits per heavy atom. The average molecular weight is 253 g/mol. The van der Waals surface area contributed by atoms with E-state index in [-0.39, 0.29) is 17.7 Å². The third-order valence-corrected chi connectivity index (χ3v) is 3.10. The predicted octanol–water partition coefficient (Wildman–Crippen LogP) is 1.23. The SMILES string of the molecule is Oc1c2c(c(O)n1-c1ncn[nH]1)CC(Cl)=CC2. The van der Waals surface area contributed by atoms with E-state index >= 15 is 0 Å². The zero-order chi connectivity index (χ0) is 12.0. The molecule has 0 fully saturated rings. The molecule has 0 aliphatic heterocycles. The minimum Gasteiger partial charge on any atom is -0.494 e. The summed E-state index contributed by atoms with van der Waals surface area (Å²) < 4.78 is 1.22. The maximum Gasteiger partial charge on any atom is 0.235 e. The van der Waals surface area contributed by atoms with E-state index in [4.69, 9.17) is 11.6 Å². The zero-order valence-electron chi connectivity index (χ0n) is 8.68. The van der Waals surface area contributed by atoms with Gasteiger partial charge in [-0.3, -0.25) is 0 Å². The van der Waals surface area contributed by atoms with Crippen molar-refractivity contribution < 1.29 is 10.2 Å². The minimum absolute atomic E-state index is 0.0327. The van der Waals surface area contributed by atoms with E-state index in [0.717, 1.165) is 0 Å². The van der Waals surface area contributed by atoms with E-state index < -0.39 is 0 Å². The molecule has 0 saturated carbocycles. The summed E-state index contributed by atoms with van der Waals surface area (Å²) >= 11 is 5.93. The zero-order valence-corrected chi connectivity index (χ0v) is 9.44. The van der Waals surface area contributed by atoms with E-state index in [2.05, 4.69) is 15.2 Å². The summed E-state index contributed by atoms with van der Waals surface area (Å²) in [5.41, 5.74) is 1.30. The summed E-state index contributed by atoms with van der Waals surface area (Å²) in [6.07, 6.45) is 4.03. The van der Waals surface area contributed by atoms with Crippen LogP contribution in [0.15, 0.2) is 17.4 Å². The van der Waals surface area contributed by atoms with E-state index in [1.54, 1.807) is 0 Å². The molecule has 1 aliphatic rings. The van der Waals surface area contributed by atoms with Crippen LogP contribution >= 0.6 is 11.6 Å². The van der Waals surface area contributed by atoms with Gasteiger partial charge in [0.05, 0.1) is 0 Å². The molecule has 3 N–H and O–H groups in total. The lowest BCUT2D eigenvalue weighted by Crippen LogP contribution is -1.96. The third kappa shape index (κ3) is 1.41. The Kier molecular flexibility index (Phi) is 2.12. The van der Waals surface area contributed by atoms with Crippen LogP contribution in [0.25, 0.3) is 5.95 Å². The molecule has 0 aromatic carbocycles. The Morgan fingerprint density at radius 3 is 2.76 bits per heavy atom. The van der Waals surface area contributed by atoms with Crippen molar-refractivity contribution in [2.24, 2.45) is 0 Å². The molecular formula is C10H9ClN4O2. The number of hydrogen-bond donors (Lipinski definition) is 3. The van der Waals surface area contributed by atoms with E-state index in [1.807, 2.05) is 6.08 Å². The second kappa shape index (κ2) is 3.53. The lowest BCUT2D eigenvalue weighted by molar-refractivity contribution is 0.396. The van der Waals surface area contributed by atoms with E-state index in [1.165, 1.54) is 10.9 Å². The molecule has 0 amide bonds. The summed E-state index contributed by atoms with van der Waals surface area (Å²) in [6.45, 7) is 0. The summed E-state index contributed by atoms with van der Waals surface area (Å²) in [6, 6.07) is 0. The fourth-order valence-electron chi connectivity index (χ4n) is 2.00. The second-order valence-electron chi connectivity index (χ2n) is 3.78. The van der Waals surface area contributed by atoms with Gasteiger partial charge in [-0.15, -0.1) is 0 Å². The molecule has 1 aliphatic carbocycles. The number of aromatic hydroxyl groups is 2. The number of aromatic nitrogens is 4. The van der Waals surface area contributed by atoms with Crippen LogP contribution in [0.3, 0.4) is 0 Å². The number of H-pyrrole nitrogens is 1. The smallest absolute Gasteiger partial charge is 0.235 e. The van der Waals surface area contributed by atoms with Crippen LogP contribution in [0.4, 0.5) is 0 Å². The van der Waals surface area contributed by atoms with Crippen LogP contribution in [0.2, 0.25) is 0 Å². The van der Waals surface area contributed by atoms with E-state index in [9.17, 15) is 10.2 Å². The Balaban J connectivity index is 2.20. The standard InChI is InChI=1S/C10H9ClN4O2/c11-5-1-2-6-7(3-5)9(17)15(8(6)16)10-12-4-13-14-10/h1,4,16-17H,2-3H2,(H,12,13,14). The number of nitrogens with one attached hydrogen (secondary N) is 1. The van der Waals surface area contributed by atoms with Crippen molar-refractivity contribution in [3.63, 3.8) is 0 Å².